The number of nitrogens with one attached hydrogen (secondary N) is 1. The van der Waals surface area contributed by atoms with Crippen molar-refractivity contribution in [2.45, 2.75) is 32.0 Å². The molecule has 0 spiro atoms. The molecule has 100 valence electrons. The highest BCUT2D eigenvalue weighted by Gasteiger charge is 2.34. The van der Waals surface area contributed by atoms with Gasteiger partial charge >= 0.3 is 6.18 Å². The molecule has 0 radical (unpaired) electrons. The highest BCUT2D eigenvalue weighted by Crippen LogP contribution is 2.35. The average molecular weight is 258 g/mol. The van der Waals surface area contributed by atoms with Gasteiger partial charge in [0.05, 0.1) is 5.56 Å². The number of alkyl halides is 3. The number of allylic oxidation sites excluding steroid dienone is 1. The smallest absolute Gasteiger partial charge is 0.271 e. The van der Waals surface area contributed by atoms with Crippen molar-refractivity contribution in [2.24, 2.45) is 5.84 Å². The van der Waals surface area contributed by atoms with Gasteiger partial charge in [-0.15, -0.1) is 6.58 Å². The lowest BCUT2D eigenvalue weighted by molar-refractivity contribution is -0.138. The van der Waals surface area contributed by atoms with Crippen molar-refractivity contribution in [1.82, 2.24) is 5.43 Å². The summed E-state index contributed by atoms with van der Waals surface area (Å²) in [6, 6.07) is 4.94. The van der Waals surface area contributed by atoms with E-state index in [4.69, 9.17) is 5.84 Å². The summed E-state index contributed by atoms with van der Waals surface area (Å²) in [6.07, 6.45) is -3.26. The van der Waals surface area contributed by atoms with Gasteiger partial charge < -0.3 is 0 Å². The molecule has 18 heavy (non-hydrogen) atoms. The molecule has 1 rings (SSSR count). The molecule has 5 heteroatoms. The van der Waals surface area contributed by atoms with Crippen LogP contribution in [0.1, 0.15) is 36.9 Å². The van der Waals surface area contributed by atoms with E-state index in [0.29, 0.717) is 12.8 Å². The molecule has 0 amide bonds. The highest BCUT2D eigenvalue weighted by molar-refractivity contribution is 5.32. The van der Waals surface area contributed by atoms with Gasteiger partial charge in [0, 0.05) is 6.04 Å². The summed E-state index contributed by atoms with van der Waals surface area (Å²) in [5, 5.41) is 0. The molecule has 0 heterocycles. The standard InChI is InChI=1S/C13H17F3N2/c1-9(2)7-8-12(18-17)10-5-3-4-6-11(10)13(14,15)16/h3-6,12,18H,1,7-8,17H2,2H3. The number of hydrazine groups is 1. The first-order chi connectivity index (χ1) is 8.36. The van der Waals surface area contributed by atoms with E-state index >= 15 is 0 Å². The first kappa shape index (κ1) is 14.7. The molecule has 1 unspecified atom stereocenters. The van der Waals surface area contributed by atoms with Crippen molar-refractivity contribution in [3.63, 3.8) is 0 Å². The molecule has 3 N–H and O–H groups in total. The minimum absolute atomic E-state index is 0.175. The Hall–Kier alpha value is -1.33. The molecule has 0 aliphatic heterocycles. The third kappa shape index (κ3) is 3.85. The number of hydrogen-bond acceptors (Lipinski definition) is 2. The van der Waals surface area contributed by atoms with Gasteiger partial charge in [-0.25, -0.2) is 0 Å². The van der Waals surface area contributed by atoms with E-state index in [1.807, 2.05) is 6.92 Å². The lowest BCUT2D eigenvalue weighted by atomic mass is 9.95. The second-order valence-corrected chi connectivity index (χ2v) is 4.30. The molecule has 1 aromatic carbocycles. The normalized spacial score (nSPS) is 13.4. The van der Waals surface area contributed by atoms with Crippen LogP contribution in [0.4, 0.5) is 13.2 Å². The van der Waals surface area contributed by atoms with Gasteiger partial charge in [0.1, 0.15) is 0 Å². The third-order valence-electron chi connectivity index (χ3n) is 2.70. The van der Waals surface area contributed by atoms with Crippen LogP contribution in [0, 0.1) is 0 Å². The fraction of sp³-hybridized carbons (Fsp3) is 0.385. The van der Waals surface area contributed by atoms with Crippen molar-refractivity contribution in [2.75, 3.05) is 0 Å². The van der Waals surface area contributed by atoms with E-state index in [1.54, 1.807) is 6.07 Å². The molecule has 1 atom stereocenters. The van der Waals surface area contributed by atoms with E-state index < -0.39 is 17.8 Å². The van der Waals surface area contributed by atoms with Gasteiger partial charge in [0.25, 0.3) is 0 Å². The maximum Gasteiger partial charge on any atom is 0.416 e. The zero-order valence-corrected chi connectivity index (χ0v) is 10.2. The highest BCUT2D eigenvalue weighted by atomic mass is 19.4. The molecular formula is C13H17F3N2. The largest absolute Gasteiger partial charge is 0.416 e. The SMILES string of the molecule is C=C(C)CCC(NN)c1ccccc1C(F)(F)F. The minimum Gasteiger partial charge on any atom is -0.271 e. The predicted octanol–water partition coefficient (Wildman–Crippen LogP) is 3.57. The first-order valence-corrected chi connectivity index (χ1v) is 5.63. The Morgan fingerprint density at radius 3 is 2.50 bits per heavy atom. The zero-order valence-electron chi connectivity index (χ0n) is 10.2. The number of rotatable bonds is 5. The van der Waals surface area contributed by atoms with E-state index in [0.717, 1.165) is 11.6 Å². The maximum absolute atomic E-state index is 12.9. The summed E-state index contributed by atoms with van der Waals surface area (Å²) in [4.78, 5) is 0. The van der Waals surface area contributed by atoms with Gasteiger partial charge in [0.15, 0.2) is 0 Å². The molecule has 0 bridgehead atoms. The summed E-state index contributed by atoms with van der Waals surface area (Å²) in [5.74, 6) is 5.36. The molecule has 0 aliphatic carbocycles. The average Bonchev–Trinajstić information content (AvgIpc) is 2.29. The number of nitrogens with two attached hydrogens (primary N) is 1. The third-order valence-corrected chi connectivity index (χ3v) is 2.70. The minimum atomic E-state index is -4.37. The Morgan fingerprint density at radius 2 is 2.00 bits per heavy atom. The Kier molecular flexibility index (Phi) is 4.93. The quantitative estimate of drug-likeness (QED) is 0.481. The molecule has 0 saturated heterocycles. The van der Waals surface area contributed by atoms with Crippen LogP contribution in [0.2, 0.25) is 0 Å². The lowest BCUT2D eigenvalue weighted by Gasteiger charge is -2.21. The van der Waals surface area contributed by atoms with Gasteiger partial charge in [-0.2, -0.15) is 13.2 Å². The Balaban J connectivity index is 3.02. The van der Waals surface area contributed by atoms with E-state index in [2.05, 4.69) is 12.0 Å². The van der Waals surface area contributed by atoms with Crippen molar-refractivity contribution < 1.29 is 13.2 Å². The second kappa shape index (κ2) is 6.02. The van der Waals surface area contributed by atoms with Crippen molar-refractivity contribution in [3.8, 4) is 0 Å². The van der Waals surface area contributed by atoms with Gasteiger partial charge in [-0.3, -0.25) is 11.3 Å². The monoisotopic (exact) mass is 258 g/mol. The summed E-state index contributed by atoms with van der Waals surface area (Å²) in [6.45, 7) is 5.57. The lowest BCUT2D eigenvalue weighted by Crippen LogP contribution is -2.29. The summed E-state index contributed by atoms with van der Waals surface area (Å²) >= 11 is 0. The van der Waals surface area contributed by atoms with Gasteiger partial charge in [-0.05, 0) is 31.4 Å². The number of benzene rings is 1. The Morgan fingerprint density at radius 1 is 1.39 bits per heavy atom. The maximum atomic E-state index is 12.9. The van der Waals surface area contributed by atoms with Crippen LogP contribution in [-0.4, -0.2) is 0 Å². The Bertz CT molecular complexity index is 413. The van der Waals surface area contributed by atoms with E-state index in [-0.39, 0.29) is 5.56 Å². The predicted molar refractivity (Wildman–Crippen MR) is 65.6 cm³/mol. The van der Waals surface area contributed by atoms with Crippen LogP contribution in [0.25, 0.3) is 0 Å². The van der Waals surface area contributed by atoms with Crippen molar-refractivity contribution >= 4 is 0 Å². The first-order valence-electron chi connectivity index (χ1n) is 5.63. The van der Waals surface area contributed by atoms with Crippen LogP contribution in [0.3, 0.4) is 0 Å². The van der Waals surface area contributed by atoms with Gasteiger partial charge in [-0.1, -0.05) is 23.8 Å². The summed E-state index contributed by atoms with van der Waals surface area (Å²) in [5.41, 5.74) is 2.89. The van der Waals surface area contributed by atoms with E-state index in [9.17, 15) is 13.2 Å². The van der Waals surface area contributed by atoms with E-state index in [1.165, 1.54) is 12.1 Å². The summed E-state index contributed by atoms with van der Waals surface area (Å²) < 4.78 is 38.6. The summed E-state index contributed by atoms with van der Waals surface area (Å²) in [7, 11) is 0. The van der Waals surface area contributed by atoms with Crippen LogP contribution in [0.5, 0.6) is 0 Å². The van der Waals surface area contributed by atoms with Crippen LogP contribution >= 0.6 is 0 Å². The van der Waals surface area contributed by atoms with Gasteiger partial charge in [0.2, 0.25) is 0 Å². The topological polar surface area (TPSA) is 38.0 Å². The van der Waals surface area contributed by atoms with Crippen LogP contribution in [-0.2, 0) is 6.18 Å². The zero-order chi connectivity index (χ0) is 13.8. The molecule has 0 aliphatic rings. The van der Waals surface area contributed by atoms with Crippen LogP contribution < -0.4 is 11.3 Å². The molecule has 1 aromatic rings. The Labute approximate surface area is 105 Å². The number of halogens is 3. The fourth-order valence-corrected chi connectivity index (χ4v) is 1.78. The molecule has 0 saturated carbocycles. The molecular weight excluding hydrogens is 241 g/mol. The van der Waals surface area contributed by atoms with Crippen molar-refractivity contribution in [1.29, 1.82) is 0 Å². The van der Waals surface area contributed by atoms with Crippen molar-refractivity contribution in [3.05, 3.63) is 47.5 Å². The number of hydrogen-bond donors (Lipinski definition) is 2. The molecule has 0 aromatic heterocycles. The second-order valence-electron chi connectivity index (χ2n) is 4.30. The molecule has 0 fully saturated rings. The molecule has 2 nitrogen and oxygen atoms in total. The van der Waals surface area contributed by atoms with Crippen LogP contribution in [0.15, 0.2) is 36.4 Å². The fourth-order valence-electron chi connectivity index (χ4n) is 1.78.